The first-order chi connectivity index (χ1) is 13.2. The third kappa shape index (κ3) is 3.26. The number of pyridine rings is 1. The van der Waals surface area contributed by atoms with Crippen LogP contribution in [0.25, 0.3) is 10.9 Å². The molecule has 0 unspecified atom stereocenters. The molecular formula is C18H19FN3O5S-. The van der Waals surface area contributed by atoms with E-state index in [1.54, 1.807) is 15.5 Å². The maximum Gasteiger partial charge on any atom is 0.211 e. The zero-order valence-corrected chi connectivity index (χ0v) is 16.0. The lowest BCUT2D eigenvalue weighted by atomic mass is 10.1. The highest BCUT2D eigenvalue weighted by Crippen LogP contribution is 2.38. The molecule has 1 saturated heterocycles. The molecule has 2 aromatic rings. The van der Waals surface area contributed by atoms with Crippen LogP contribution in [-0.2, 0) is 10.0 Å². The number of carbonyl (C=O) groups is 1. The number of rotatable bonds is 4. The van der Waals surface area contributed by atoms with Crippen molar-refractivity contribution in [2.75, 3.05) is 37.3 Å². The second kappa shape index (κ2) is 6.56. The summed E-state index contributed by atoms with van der Waals surface area (Å²) in [6, 6.07) is 2.70. The molecule has 2 heterocycles. The van der Waals surface area contributed by atoms with Gasteiger partial charge in [0.2, 0.25) is 10.0 Å². The summed E-state index contributed by atoms with van der Waals surface area (Å²) in [6.07, 6.45) is 4.12. The summed E-state index contributed by atoms with van der Waals surface area (Å²) in [5.41, 5.74) is -0.498. The van der Waals surface area contributed by atoms with Crippen LogP contribution in [0.2, 0.25) is 0 Å². The predicted octanol–water partition coefficient (Wildman–Crippen LogP) is -0.0794. The van der Waals surface area contributed by atoms with Gasteiger partial charge in [-0.15, -0.1) is 0 Å². The predicted molar refractivity (Wildman–Crippen MR) is 99.4 cm³/mol. The van der Waals surface area contributed by atoms with Gasteiger partial charge in [0, 0.05) is 43.8 Å². The lowest BCUT2D eigenvalue weighted by Gasteiger charge is -2.35. The fraction of sp³-hybridized carbons (Fsp3) is 0.444. The Hall–Kier alpha value is -2.46. The van der Waals surface area contributed by atoms with Crippen molar-refractivity contribution in [1.82, 2.24) is 8.87 Å². The van der Waals surface area contributed by atoms with Crippen LogP contribution in [0.1, 0.15) is 29.2 Å². The molecule has 1 saturated carbocycles. The van der Waals surface area contributed by atoms with Crippen LogP contribution >= 0.6 is 0 Å². The van der Waals surface area contributed by atoms with Crippen molar-refractivity contribution < 1.29 is 22.7 Å². The molecule has 10 heteroatoms. The highest BCUT2D eigenvalue weighted by Gasteiger charge is 2.28. The number of nitrogens with zero attached hydrogens (tertiary/aromatic N) is 3. The van der Waals surface area contributed by atoms with Crippen molar-refractivity contribution >= 4 is 32.6 Å². The molecule has 1 aromatic carbocycles. The number of benzene rings is 1. The summed E-state index contributed by atoms with van der Waals surface area (Å²) in [7, 11) is -3.30. The van der Waals surface area contributed by atoms with Crippen LogP contribution in [0.3, 0.4) is 0 Å². The van der Waals surface area contributed by atoms with Crippen molar-refractivity contribution in [3.05, 3.63) is 39.9 Å². The van der Waals surface area contributed by atoms with E-state index in [0.717, 1.165) is 25.2 Å². The van der Waals surface area contributed by atoms with Gasteiger partial charge in [0.1, 0.15) is 5.82 Å². The normalized spacial score (nSPS) is 18.6. The highest BCUT2D eigenvalue weighted by atomic mass is 32.2. The van der Waals surface area contributed by atoms with Gasteiger partial charge in [0.25, 0.3) is 0 Å². The third-order valence-corrected chi connectivity index (χ3v) is 6.61. The van der Waals surface area contributed by atoms with E-state index >= 15 is 0 Å². The van der Waals surface area contributed by atoms with E-state index in [4.69, 9.17) is 0 Å². The number of anilines is 1. The second-order valence-corrected chi connectivity index (χ2v) is 9.25. The first kappa shape index (κ1) is 18.9. The fourth-order valence-corrected chi connectivity index (χ4v) is 4.49. The number of hydrogen-bond donors (Lipinski definition) is 0. The number of carbonyl (C=O) groups excluding carboxylic acids is 1. The first-order valence-electron chi connectivity index (χ1n) is 8.96. The summed E-state index contributed by atoms with van der Waals surface area (Å²) in [5.74, 6) is -2.22. The Bertz CT molecular complexity index is 1130. The van der Waals surface area contributed by atoms with Gasteiger partial charge in [-0.05, 0) is 25.0 Å². The molecule has 8 nitrogen and oxygen atoms in total. The zero-order valence-electron chi connectivity index (χ0n) is 15.2. The van der Waals surface area contributed by atoms with Gasteiger partial charge in [0.05, 0.1) is 29.0 Å². The lowest BCUT2D eigenvalue weighted by Crippen LogP contribution is -2.48. The number of sulfonamides is 1. The number of aromatic carboxylic acids is 1. The van der Waals surface area contributed by atoms with E-state index in [-0.39, 0.29) is 30.2 Å². The van der Waals surface area contributed by atoms with Crippen LogP contribution in [0, 0.1) is 5.82 Å². The third-order valence-electron chi connectivity index (χ3n) is 5.31. The van der Waals surface area contributed by atoms with Crippen molar-refractivity contribution in [3.8, 4) is 0 Å². The van der Waals surface area contributed by atoms with E-state index in [1.807, 2.05) is 0 Å². The Balaban J connectivity index is 1.78. The molecule has 0 radical (unpaired) electrons. The molecule has 0 spiro atoms. The van der Waals surface area contributed by atoms with Crippen LogP contribution in [0.4, 0.5) is 10.1 Å². The Morgan fingerprint density at radius 1 is 1.18 bits per heavy atom. The number of fused-ring (bicyclic) bond motifs is 1. The second-order valence-electron chi connectivity index (χ2n) is 7.27. The molecule has 2 fully saturated rings. The molecular weight excluding hydrogens is 389 g/mol. The molecule has 4 rings (SSSR count). The molecule has 1 aliphatic carbocycles. The Labute approximate surface area is 160 Å². The van der Waals surface area contributed by atoms with Gasteiger partial charge in [-0.1, -0.05) is 0 Å². The van der Waals surface area contributed by atoms with Gasteiger partial charge in [0.15, 0.2) is 5.43 Å². The largest absolute Gasteiger partial charge is 0.545 e. The topological polar surface area (TPSA) is 103 Å². The summed E-state index contributed by atoms with van der Waals surface area (Å²) < 4.78 is 41.2. The van der Waals surface area contributed by atoms with E-state index in [9.17, 15) is 27.5 Å². The molecule has 2 aliphatic rings. The van der Waals surface area contributed by atoms with Crippen molar-refractivity contribution in [1.29, 1.82) is 0 Å². The molecule has 0 amide bonds. The molecule has 0 N–H and O–H groups in total. The number of hydrogen-bond acceptors (Lipinski definition) is 6. The summed E-state index contributed by atoms with van der Waals surface area (Å²) in [6.45, 7) is 1.13. The van der Waals surface area contributed by atoms with E-state index in [1.165, 1.54) is 10.5 Å². The van der Waals surface area contributed by atoms with Crippen LogP contribution in [0.5, 0.6) is 0 Å². The smallest absolute Gasteiger partial charge is 0.211 e. The van der Waals surface area contributed by atoms with Crippen molar-refractivity contribution in [3.63, 3.8) is 0 Å². The average Bonchev–Trinajstić information content (AvgIpc) is 3.46. The minimum atomic E-state index is -3.30. The molecule has 1 aliphatic heterocycles. The van der Waals surface area contributed by atoms with Crippen LogP contribution < -0.4 is 15.4 Å². The van der Waals surface area contributed by atoms with E-state index in [0.29, 0.717) is 18.6 Å². The van der Waals surface area contributed by atoms with Gasteiger partial charge in [-0.2, -0.15) is 4.31 Å². The zero-order chi connectivity index (χ0) is 20.2. The highest BCUT2D eigenvalue weighted by molar-refractivity contribution is 7.88. The van der Waals surface area contributed by atoms with Crippen molar-refractivity contribution in [2.45, 2.75) is 18.9 Å². The Morgan fingerprint density at radius 2 is 1.82 bits per heavy atom. The van der Waals surface area contributed by atoms with Gasteiger partial charge in [-0.3, -0.25) is 4.79 Å². The maximum atomic E-state index is 14.8. The lowest BCUT2D eigenvalue weighted by molar-refractivity contribution is -0.255. The van der Waals surface area contributed by atoms with E-state index < -0.39 is 32.8 Å². The average molecular weight is 408 g/mol. The van der Waals surface area contributed by atoms with Gasteiger partial charge < -0.3 is 19.4 Å². The summed E-state index contributed by atoms with van der Waals surface area (Å²) >= 11 is 0. The quantitative estimate of drug-likeness (QED) is 0.701. The van der Waals surface area contributed by atoms with Gasteiger partial charge >= 0.3 is 0 Å². The fourth-order valence-electron chi connectivity index (χ4n) is 3.66. The van der Waals surface area contributed by atoms with Crippen LogP contribution in [-0.4, -0.2) is 55.7 Å². The summed E-state index contributed by atoms with van der Waals surface area (Å²) in [5, 5.41) is 11.3. The molecule has 0 atom stereocenters. The van der Waals surface area contributed by atoms with E-state index in [2.05, 4.69) is 0 Å². The number of halogens is 1. The van der Waals surface area contributed by atoms with Crippen LogP contribution in [0.15, 0.2) is 23.1 Å². The molecule has 150 valence electrons. The number of carboxylic acids is 1. The Morgan fingerprint density at radius 3 is 2.36 bits per heavy atom. The maximum absolute atomic E-state index is 14.8. The Kier molecular flexibility index (Phi) is 4.42. The number of carboxylic acid groups (broad SMARTS) is 1. The SMILES string of the molecule is CS(=O)(=O)N1CCN(c2cc3c(cc2F)c(=O)c(C(=O)[O-])cn3C2CC2)CC1. The number of piperazine rings is 1. The molecule has 1 aromatic heterocycles. The monoisotopic (exact) mass is 408 g/mol. The van der Waals surface area contributed by atoms with Gasteiger partial charge in [-0.25, -0.2) is 12.8 Å². The van der Waals surface area contributed by atoms with Crippen molar-refractivity contribution in [2.24, 2.45) is 0 Å². The molecule has 28 heavy (non-hydrogen) atoms. The minimum Gasteiger partial charge on any atom is -0.545 e. The standard InChI is InChI=1S/C18H20FN3O5S/c1-28(26,27)21-6-4-20(5-7-21)16-9-15-12(8-14(16)19)17(23)13(18(24)25)10-22(15)11-2-3-11/h8-11H,2-7H2,1H3,(H,24,25)/p-1. The number of aromatic nitrogens is 1. The minimum absolute atomic E-state index is 0.00428. The first-order valence-corrected chi connectivity index (χ1v) is 10.8. The molecule has 0 bridgehead atoms. The summed E-state index contributed by atoms with van der Waals surface area (Å²) in [4.78, 5) is 25.5.